The Morgan fingerprint density at radius 1 is 1.13 bits per heavy atom. The first-order valence-electron chi connectivity index (χ1n) is 7.89. The highest BCUT2D eigenvalue weighted by Crippen LogP contribution is 2.21. The summed E-state index contributed by atoms with van der Waals surface area (Å²) < 4.78 is 0. The number of benzene rings is 1. The predicted molar refractivity (Wildman–Crippen MR) is 90.8 cm³/mol. The molecule has 1 aliphatic rings. The molecule has 1 N–H and O–H groups in total. The Morgan fingerprint density at radius 2 is 1.70 bits per heavy atom. The fraction of sp³-hybridized carbons (Fsp3) is 0.529. The van der Waals surface area contributed by atoms with Crippen molar-refractivity contribution in [3.63, 3.8) is 0 Å². The summed E-state index contributed by atoms with van der Waals surface area (Å²) in [6.45, 7) is 6.40. The molecule has 1 saturated heterocycles. The van der Waals surface area contributed by atoms with Crippen LogP contribution in [-0.4, -0.2) is 48.1 Å². The van der Waals surface area contributed by atoms with Crippen LogP contribution in [0.5, 0.6) is 0 Å². The molecular formula is C17H23ClN2O3. The van der Waals surface area contributed by atoms with Crippen LogP contribution in [0.1, 0.15) is 20.3 Å². The summed E-state index contributed by atoms with van der Waals surface area (Å²) in [5.74, 6) is -1.63. The molecule has 5 nitrogen and oxygen atoms in total. The molecule has 2 rings (SSSR count). The van der Waals surface area contributed by atoms with E-state index in [-0.39, 0.29) is 18.2 Å². The SMILES string of the molecule is CC(C)[C@H](CC(=O)N1CCN(c2ccc(Cl)cc2)CC1)C(=O)O. The Bertz CT molecular complexity index is 551. The predicted octanol–water partition coefficient (Wildman–Crippen LogP) is 2.74. The molecule has 126 valence electrons. The van der Waals surface area contributed by atoms with Crippen LogP contribution in [-0.2, 0) is 9.59 Å². The molecule has 1 heterocycles. The average Bonchev–Trinajstić information content (AvgIpc) is 2.52. The van der Waals surface area contributed by atoms with Gasteiger partial charge in [-0.25, -0.2) is 0 Å². The molecule has 0 bridgehead atoms. The number of carboxylic acid groups (broad SMARTS) is 1. The smallest absolute Gasteiger partial charge is 0.307 e. The van der Waals surface area contributed by atoms with Crippen LogP contribution in [0.2, 0.25) is 5.02 Å². The molecule has 1 aromatic rings. The molecule has 6 heteroatoms. The Kier molecular flexibility index (Phi) is 5.88. The summed E-state index contributed by atoms with van der Waals surface area (Å²) in [7, 11) is 0. The van der Waals surface area contributed by atoms with E-state index in [1.807, 2.05) is 38.1 Å². The maximum atomic E-state index is 12.3. The lowest BCUT2D eigenvalue weighted by Crippen LogP contribution is -2.49. The fourth-order valence-electron chi connectivity index (χ4n) is 2.79. The van der Waals surface area contributed by atoms with Gasteiger partial charge in [-0.3, -0.25) is 9.59 Å². The molecule has 0 saturated carbocycles. The first-order valence-corrected chi connectivity index (χ1v) is 8.27. The van der Waals surface area contributed by atoms with E-state index in [2.05, 4.69) is 4.90 Å². The van der Waals surface area contributed by atoms with Gasteiger partial charge < -0.3 is 14.9 Å². The number of carbonyl (C=O) groups is 2. The summed E-state index contributed by atoms with van der Waals surface area (Å²) in [5, 5.41) is 9.92. The van der Waals surface area contributed by atoms with E-state index in [4.69, 9.17) is 11.6 Å². The maximum Gasteiger partial charge on any atom is 0.307 e. The number of hydrogen-bond acceptors (Lipinski definition) is 3. The summed E-state index contributed by atoms with van der Waals surface area (Å²) in [6, 6.07) is 7.65. The summed E-state index contributed by atoms with van der Waals surface area (Å²) >= 11 is 5.90. The molecule has 0 radical (unpaired) electrons. The lowest BCUT2D eigenvalue weighted by molar-refractivity contribution is -0.147. The first-order chi connectivity index (χ1) is 10.9. The second kappa shape index (κ2) is 7.68. The molecule has 0 aromatic heterocycles. The lowest BCUT2D eigenvalue weighted by atomic mass is 9.92. The van der Waals surface area contributed by atoms with E-state index in [0.29, 0.717) is 18.1 Å². The third-order valence-corrected chi connectivity index (χ3v) is 4.59. The number of carbonyl (C=O) groups excluding carboxylic acids is 1. The van der Waals surface area contributed by atoms with Crippen LogP contribution in [0.25, 0.3) is 0 Å². The van der Waals surface area contributed by atoms with Crippen molar-refractivity contribution in [2.45, 2.75) is 20.3 Å². The number of halogens is 1. The van der Waals surface area contributed by atoms with E-state index >= 15 is 0 Å². The van der Waals surface area contributed by atoms with Gasteiger partial charge in [0.05, 0.1) is 5.92 Å². The van der Waals surface area contributed by atoms with Gasteiger partial charge in [-0.2, -0.15) is 0 Å². The Labute approximate surface area is 141 Å². The molecule has 0 aliphatic carbocycles. The molecule has 1 aliphatic heterocycles. The van der Waals surface area contributed by atoms with Gasteiger partial charge in [0.25, 0.3) is 0 Å². The molecule has 1 aromatic carbocycles. The highest BCUT2D eigenvalue weighted by molar-refractivity contribution is 6.30. The molecule has 1 amide bonds. The third-order valence-electron chi connectivity index (χ3n) is 4.34. The van der Waals surface area contributed by atoms with Gasteiger partial charge in [0.2, 0.25) is 5.91 Å². The molecular weight excluding hydrogens is 316 g/mol. The minimum atomic E-state index is -0.895. The number of nitrogens with zero attached hydrogens (tertiary/aromatic N) is 2. The third kappa shape index (κ3) is 4.61. The second-order valence-electron chi connectivity index (χ2n) is 6.24. The number of rotatable bonds is 5. The van der Waals surface area contributed by atoms with Crippen molar-refractivity contribution in [3.8, 4) is 0 Å². The number of aliphatic carboxylic acids is 1. The van der Waals surface area contributed by atoms with E-state index < -0.39 is 11.9 Å². The fourth-order valence-corrected chi connectivity index (χ4v) is 2.92. The van der Waals surface area contributed by atoms with Crippen molar-refractivity contribution in [1.82, 2.24) is 4.90 Å². The van der Waals surface area contributed by atoms with Crippen LogP contribution < -0.4 is 4.90 Å². The van der Waals surface area contributed by atoms with Gasteiger partial charge >= 0.3 is 5.97 Å². The van der Waals surface area contributed by atoms with Crippen molar-refractivity contribution in [1.29, 1.82) is 0 Å². The molecule has 1 atom stereocenters. The van der Waals surface area contributed by atoms with Gasteiger partial charge in [-0.1, -0.05) is 25.4 Å². The summed E-state index contributed by atoms with van der Waals surface area (Å²) in [4.78, 5) is 27.5. The average molecular weight is 339 g/mol. The quantitative estimate of drug-likeness (QED) is 0.896. The van der Waals surface area contributed by atoms with E-state index in [9.17, 15) is 14.7 Å². The van der Waals surface area contributed by atoms with Crippen LogP contribution in [0.3, 0.4) is 0 Å². The minimum Gasteiger partial charge on any atom is -0.481 e. The van der Waals surface area contributed by atoms with Gasteiger partial charge in [0.1, 0.15) is 0 Å². The van der Waals surface area contributed by atoms with Crippen LogP contribution in [0.15, 0.2) is 24.3 Å². The van der Waals surface area contributed by atoms with Crippen molar-refractivity contribution in [2.75, 3.05) is 31.1 Å². The minimum absolute atomic E-state index is 0.0493. The molecule has 0 unspecified atom stereocenters. The topological polar surface area (TPSA) is 60.9 Å². The normalized spacial score (nSPS) is 16.5. The Morgan fingerprint density at radius 3 is 2.17 bits per heavy atom. The molecule has 1 fully saturated rings. The lowest BCUT2D eigenvalue weighted by Gasteiger charge is -2.36. The second-order valence-corrected chi connectivity index (χ2v) is 6.67. The molecule has 0 spiro atoms. The van der Waals surface area contributed by atoms with Gasteiger partial charge in [-0.05, 0) is 30.2 Å². The number of carboxylic acids is 1. The number of anilines is 1. The zero-order valence-electron chi connectivity index (χ0n) is 13.5. The van der Waals surface area contributed by atoms with Crippen molar-refractivity contribution < 1.29 is 14.7 Å². The zero-order valence-corrected chi connectivity index (χ0v) is 14.3. The summed E-state index contributed by atoms with van der Waals surface area (Å²) in [5.41, 5.74) is 1.09. The van der Waals surface area contributed by atoms with Crippen molar-refractivity contribution >= 4 is 29.2 Å². The highest BCUT2D eigenvalue weighted by atomic mass is 35.5. The van der Waals surface area contributed by atoms with E-state index in [1.165, 1.54) is 0 Å². The molecule has 23 heavy (non-hydrogen) atoms. The van der Waals surface area contributed by atoms with Crippen molar-refractivity contribution in [3.05, 3.63) is 29.3 Å². The number of amides is 1. The monoisotopic (exact) mass is 338 g/mol. The van der Waals surface area contributed by atoms with Gasteiger partial charge in [0, 0.05) is 43.3 Å². The van der Waals surface area contributed by atoms with Crippen LogP contribution in [0, 0.1) is 11.8 Å². The highest BCUT2D eigenvalue weighted by Gasteiger charge is 2.28. The number of piperazine rings is 1. The first kappa shape index (κ1) is 17.6. The van der Waals surface area contributed by atoms with Crippen molar-refractivity contribution in [2.24, 2.45) is 11.8 Å². The standard InChI is InChI=1S/C17H23ClN2O3/c1-12(2)15(17(22)23)11-16(21)20-9-7-19(8-10-20)14-5-3-13(18)4-6-14/h3-6,12,15H,7-11H2,1-2H3,(H,22,23)/t15-/m0/s1. The maximum absolute atomic E-state index is 12.3. The van der Waals surface area contributed by atoms with Gasteiger partial charge in [0.15, 0.2) is 0 Å². The Balaban J connectivity index is 1.89. The Hall–Kier alpha value is -1.75. The van der Waals surface area contributed by atoms with E-state index in [1.54, 1.807) is 4.90 Å². The van der Waals surface area contributed by atoms with Crippen LogP contribution in [0.4, 0.5) is 5.69 Å². The van der Waals surface area contributed by atoms with Crippen LogP contribution >= 0.6 is 11.6 Å². The summed E-state index contributed by atoms with van der Waals surface area (Å²) in [6.07, 6.45) is 0.0773. The van der Waals surface area contributed by atoms with E-state index in [0.717, 1.165) is 18.8 Å². The largest absolute Gasteiger partial charge is 0.481 e. The van der Waals surface area contributed by atoms with Gasteiger partial charge in [-0.15, -0.1) is 0 Å². The zero-order chi connectivity index (χ0) is 17.0. The number of hydrogen-bond donors (Lipinski definition) is 1.